The van der Waals surface area contributed by atoms with Gasteiger partial charge in [-0.2, -0.15) is 0 Å². The summed E-state index contributed by atoms with van der Waals surface area (Å²) < 4.78 is 2.52. The van der Waals surface area contributed by atoms with Crippen LogP contribution in [0.3, 0.4) is 0 Å². The Hall–Kier alpha value is -3.65. The zero-order chi connectivity index (χ0) is 22.9. The lowest BCUT2D eigenvalue weighted by Crippen LogP contribution is -2.10. The fourth-order valence-electron chi connectivity index (χ4n) is 5.21. The van der Waals surface area contributed by atoms with Crippen molar-refractivity contribution in [2.45, 2.75) is 44.1 Å². The minimum absolute atomic E-state index is 0.200. The number of nitrogens with zero attached hydrogens (tertiary/aromatic N) is 2. The van der Waals surface area contributed by atoms with Crippen molar-refractivity contribution in [1.82, 2.24) is 9.55 Å². The molecule has 34 heavy (non-hydrogen) atoms. The average Bonchev–Trinajstić information content (AvgIpc) is 3.68. The van der Waals surface area contributed by atoms with Gasteiger partial charge in [0, 0.05) is 18.4 Å². The van der Waals surface area contributed by atoms with Gasteiger partial charge in [0.1, 0.15) is 5.82 Å². The highest BCUT2D eigenvalue weighted by Gasteiger charge is 2.30. The Labute approximate surface area is 201 Å². The van der Waals surface area contributed by atoms with Gasteiger partial charge in [-0.3, -0.25) is 0 Å². The third kappa shape index (κ3) is 4.05. The first-order chi connectivity index (χ1) is 16.8. The van der Waals surface area contributed by atoms with E-state index in [1.807, 2.05) is 0 Å². The van der Waals surface area contributed by atoms with E-state index in [0.29, 0.717) is 11.8 Å². The summed E-state index contributed by atoms with van der Waals surface area (Å²) in [6, 6.07) is 39.5. The van der Waals surface area contributed by atoms with Crippen LogP contribution < -0.4 is 0 Å². The van der Waals surface area contributed by atoms with Crippen molar-refractivity contribution in [3.05, 3.63) is 137 Å². The van der Waals surface area contributed by atoms with Crippen LogP contribution in [0.5, 0.6) is 0 Å². The summed E-state index contributed by atoms with van der Waals surface area (Å²) in [5, 5.41) is 0. The Balaban J connectivity index is 1.47. The molecule has 4 aromatic carbocycles. The summed E-state index contributed by atoms with van der Waals surface area (Å²) in [7, 11) is 0. The molecule has 2 heteroatoms. The molecule has 6 rings (SSSR count). The minimum atomic E-state index is 0.200. The summed E-state index contributed by atoms with van der Waals surface area (Å²) in [4.78, 5) is 5.13. The molecule has 0 saturated heterocycles. The summed E-state index contributed by atoms with van der Waals surface area (Å²) in [6.07, 6.45) is 2.51. The number of fused-ring (bicyclic) bond motifs is 1. The Bertz CT molecular complexity index is 1340. The maximum Gasteiger partial charge on any atom is 0.113 e. The van der Waals surface area contributed by atoms with Crippen LogP contribution >= 0.6 is 0 Å². The lowest BCUT2D eigenvalue weighted by molar-refractivity contribution is 0.586. The van der Waals surface area contributed by atoms with E-state index in [4.69, 9.17) is 4.98 Å². The summed E-state index contributed by atoms with van der Waals surface area (Å²) in [6.45, 7) is 3.29. The van der Waals surface area contributed by atoms with Crippen LogP contribution in [0, 0.1) is 0 Å². The molecule has 0 amide bonds. The molecule has 168 valence electrons. The van der Waals surface area contributed by atoms with Gasteiger partial charge in [-0.15, -0.1) is 0 Å². The number of imidazole rings is 1. The van der Waals surface area contributed by atoms with Crippen LogP contribution in [0.4, 0.5) is 0 Å². The largest absolute Gasteiger partial charge is 0.327 e. The van der Waals surface area contributed by atoms with Crippen molar-refractivity contribution in [1.29, 1.82) is 0 Å². The van der Waals surface area contributed by atoms with Crippen LogP contribution in [0.15, 0.2) is 109 Å². The molecular weight excluding hydrogens is 412 g/mol. The molecule has 1 aliphatic rings. The molecule has 5 aromatic rings. The van der Waals surface area contributed by atoms with E-state index in [1.54, 1.807) is 0 Å². The third-order valence-electron chi connectivity index (χ3n) is 7.17. The lowest BCUT2D eigenvalue weighted by atomic mass is 9.85. The minimum Gasteiger partial charge on any atom is -0.327 e. The highest BCUT2D eigenvalue weighted by Crippen LogP contribution is 2.42. The molecule has 0 unspecified atom stereocenters. The Kier molecular flexibility index (Phi) is 5.50. The van der Waals surface area contributed by atoms with Crippen molar-refractivity contribution in [2.24, 2.45) is 0 Å². The molecule has 1 saturated carbocycles. The number of hydrogen-bond donors (Lipinski definition) is 0. The highest BCUT2D eigenvalue weighted by atomic mass is 15.1. The SMILES string of the molecule is C[C@H](Cn1c(C2CC2)nc2ccc(C(c3ccccc3)c3ccccc3)cc21)c1ccccc1. The van der Waals surface area contributed by atoms with Gasteiger partial charge in [0.25, 0.3) is 0 Å². The normalized spacial score (nSPS) is 14.5. The van der Waals surface area contributed by atoms with E-state index in [9.17, 15) is 0 Å². The zero-order valence-corrected chi connectivity index (χ0v) is 19.6. The molecular formula is C32H30N2. The standard InChI is InChI=1S/C32H30N2/c1-23(24-11-5-2-6-12-24)22-34-30-21-28(19-20-29(30)33-32(34)27-17-18-27)31(25-13-7-3-8-14-25)26-15-9-4-10-16-26/h2-16,19-21,23,27,31H,17-18,22H2,1H3/t23-/m1/s1. The van der Waals surface area contributed by atoms with Gasteiger partial charge >= 0.3 is 0 Å². The average molecular weight is 443 g/mol. The van der Waals surface area contributed by atoms with Gasteiger partial charge in [0.05, 0.1) is 11.0 Å². The Morgan fingerprint density at radius 3 is 1.82 bits per heavy atom. The summed E-state index contributed by atoms with van der Waals surface area (Å²) in [5.41, 5.74) is 7.72. The van der Waals surface area contributed by atoms with Crippen molar-refractivity contribution in [3.63, 3.8) is 0 Å². The second-order valence-electron chi connectivity index (χ2n) is 9.67. The van der Waals surface area contributed by atoms with Crippen molar-refractivity contribution in [3.8, 4) is 0 Å². The molecule has 0 bridgehead atoms. The maximum atomic E-state index is 5.13. The molecule has 1 aliphatic carbocycles. The van der Waals surface area contributed by atoms with Crippen LogP contribution in [0.1, 0.15) is 65.6 Å². The zero-order valence-electron chi connectivity index (χ0n) is 19.6. The fraction of sp³-hybridized carbons (Fsp3) is 0.219. The maximum absolute atomic E-state index is 5.13. The molecule has 1 aromatic heterocycles. The van der Waals surface area contributed by atoms with Gasteiger partial charge in [-0.05, 0) is 53.1 Å². The quantitative estimate of drug-likeness (QED) is 0.234. The fourth-order valence-corrected chi connectivity index (χ4v) is 5.21. The first-order valence-electron chi connectivity index (χ1n) is 12.4. The Morgan fingerprint density at radius 2 is 1.26 bits per heavy atom. The highest BCUT2D eigenvalue weighted by molar-refractivity contribution is 5.78. The van der Waals surface area contributed by atoms with Gasteiger partial charge < -0.3 is 4.57 Å². The molecule has 0 N–H and O–H groups in total. The molecule has 2 nitrogen and oxygen atoms in total. The van der Waals surface area contributed by atoms with Crippen molar-refractivity contribution >= 4 is 11.0 Å². The molecule has 0 aliphatic heterocycles. The van der Waals surface area contributed by atoms with Crippen LogP contribution in [-0.4, -0.2) is 9.55 Å². The van der Waals surface area contributed by atoms with Crippen molar-refractivity contribution in [2.75, 3.05) is 0 Å². The summed E-state index contributed by atoms with van der Waals surface area (Å²) in [5.74, 6) is 2.51. The second kappa shape index (κ2) is 8.95. The molecule has 1 heterocycles. The van der Waals surface area contributed by atoms with E-state index in [0.717, 1.165) is 12.1 Å². The van der Waals surface area contributed by atoms with E-state index in [2.05, 4.69) is 121 Å². The number of aromatic nitrogens is 2. The van der Waals surface area contributed by atoms with E-state index < -0.39 is 0 Å². The molecule has 1 fully saturated rings. The van der Waals surface area contributed by atoms with E-state index in [-0.39, 0.29) is 5.92 Å². The predicted molar refractivity (Wildman–Crippen MR) is 140 cm³/mol. The topological polar surface area (TPSA) is 17.8 Å². The second-order valence-corrected chi connectivity index (χ2v) is 9.67. The van der Waals surface area contributed by atoms with Gasteiger partial charge in [-0.25, -0.2) is 4.98 Å². The molecule has 1 atom stereocenters. The monoisotopic (exact) mass is 442 g/mol. The number of hydrogen-bond acceptors (Lipinski definition) is 1. The van der Waals surface area contributed by atoms with E-state index >= 15 is 0 Å². The van der Waals surface area contributed by atoms with E-state index in [1.165, 1.54) is 46.4 Å². The van der Waals surface area contributed by atoms with Crippen LogP contribution in [0.25, 0.3) is 11.0 Å². The van der Waals surface area contributed by atoms with Crippen molar-refractivity contribution < 1.29 is 0 Å². The molecule has 0 spiro atoms. The predicted octanol–water partition coefficient (Wildman–Crippen LogP) is 7.90. The number of rotatable bonds is 7. The first-order valence-corrected chi connectivity index (χ1v) is 12.4. The van der Waals surface area contributed by atoms with Gasteiger partial charge in [0.15, 0.2) is 0 Å². The van der Waals surface area contributed by atoms with Crippen LogP contribution in [-0.2, 0) is 6.54 Å². The first kappa shape index (κ1) is 20.9. The van der Waals surface area contributed by atoms with Gasteiger partial charge in [0.2, 0.25) is 0 Å². The number of benzene rings is 4. The summed E-state index contributed by atoms with van der Waals surface area (Å²) >= 11 is 0. The molecule has 0 radical (unpaired) electrons. The van der Waals surface area contributed by atoms with Gasteiger partial charge in [-0.1, -0.05) is 104 Å². The third-order valence-corrected chi connectivity index (χ3v) is 7.17. The van der Waals surface area contributed by atoms with Crippen LogP contribution in [0.2, 0.25) is 0 Å². The smallest absolute Gasteiger partial charge is 0.113 e. The lowest BCUT2D eigenvalue weighted by Gasteiger charge is -2.20. The Morgan fingerprint density at radius 1 is 0.706 bits per heavy atom.